The number of amides is 3. The van der Waals surface area contributed by atoms with Crippen LogP contribution in [0.2, 0.25) is 0 Å². The van der Waals surface area contributed by atoms with Crippen molar-refractivity contribution in [3.8, 4) is 39.1 Å². The van der Waals surface area contributed by atoms with Gasteiger partial charge in [-0.1, -0.05) is 218 Å². The van der Waals surface area contributed by atoms with Gasteiger partial charge in [-0.15, -0.1) is 0 Å². The number of rotatable bonds is 10. The van der Waals surface area contributed by atoms with Crippen LogP contribution in [0.15, 0.2) is 218 Å². The fourth-order valence-corrected chi connectivity index (χ4v) is 16.3. The Morgan fingerprint density at radius 2 is 0.570 bits per heavy atom. The van der Waals surface area contributed by atoms with Crippen LogP contribution in [0.5, 0.6) is 5.75 Å². The zero-order valence-corrected chi connectivity index (χ0v) is 55.0. The fraction of sp³-hybridized carbons (Fsp3) is 0.186. The number of fused-ring (bicyclic) bond motifs is 21. The van der Waals surface area contributed by atoms with E-state index in [-0.39, 0.29) is 51.6 Å². The topological polar surface area (TPSA) is 123 Å². The first-order valence-corrected chi connectivity index (χ1v) is 33.6. The van der Waals surface area contributed by atoms with Crippen molar-refractivity contribution in [3.05, 3.63) is 281 Å². The molecule has 9 nitrogen and oxygen atoms in total. The Morgan fingerprint density at radius 3 is 0.850 bits per heavy atom. The molecule has 13 aromatic rings. The molecule has 0 fully saturated rings. The highest BCUT2D eigenvalue weighted by Crippen LogP contribution is 2.51. The largest absolute Gasteiger partial charge is 0.444 e. The number of carbonyl (C=O) groups is 4. The van der Waals surface area contributed by atoms with Crippen LogP contribution in [-0.2, 0) is 57.6 Å². The molecule has 0 aromatic heterocycles. The van der Waals surface area contributed by atoms with E-state index in [4.69, 9.17) is 9.47 Å². The number of benzene rings is 13. The molecule has 3 aliphatic rings. The third-order valence-corrected chi connectivity index (χ3v) is 20.9. The molecule has 13 aromatic carbocycles. The maximum absolute atomic E-state index is 17.0. The van der Waals surface area contributed by atoms with Gasteiger partial charge < -0.3 is 25.4 Å². The highest BCUT2D eigenvalue weighted by atomic mass is 19.2. The van der Waals surface area contributed by atoms with Gasteiger partial charge in [0, 0.05) is 19.6 Å². The van der Waals surface area contributed by atoms with Gasteiger partial charge in [0.05, 0.1) is 16.2 Å². The third kappa shape index (κ3) is 10.7. The molecule has 3 N–H and O–H groups in total. The molecular formula is C86H66F5N3O6. The molecule has 0 radical (unpaired) electrons. The summed E-state index contributed by atoms with van der Waals surface area (Å²) in [6.45, 7) is 4.15. The minimum absolute atomic E-state index is 0.000734. The van der Waals surface area contributed by atoms with Crippen molar-refractivity contribution >= 4 is 88.5 Å². The number of esters is 1. The predicted molar refractivity (Wildman–Crippen MR) is 382 cm³/mol. The van der Waals surface area contributed by atoms with Gasteiger partial charge in [0.1, 0.15) is 5.60 Å². The van der Waals surface area contributed by atoms with Gasteiger partial charge in [-0.2, -0.15) is 8.78 Å². The second kappa shape index (κ2) is 24.3. The molecule has 16 rings (SSSR count). The van der Waals surface area contributed by atoms with E-state index in [1.165, 1.54) is 0 Å². The fourth-order valence-electron chi connectivity index (χ4n) is 16.3. The summed E-state index contributed by atoms with van der Waals surface area (Å²) in [7, 11) is 0. The molecule has 496 valence electrons. The Labute approximate surface area is 572 Å². The van der Waals surface area contributed by atoms with Gasteiger partial charge in [-0.05, 0) is 191 Å². The first kappa shape index (κ1) is 63.5. The van der Waals surface area contributed by atoms with Crippen molar-refractivity contribution in [3.63, 3.8) is 0 Å². The molecule has 0 unspecified atom stereocenters. The Kier molecular flexibility index (Phi) is 15.4. The first-order valence-electron chi connectivity index (χ1n) is 33.6. The molecular weight excluding hydrogens is 1270 g/mol. The van der Waals surface area contributed by atoms with E-state index in [1.807, 2.05) is 170 Å². The van der Waals surface area contributed by atoms with Crippen LogP contribution in [0.3, 0.4) is 0 Å². The van der Waals surface area contributed by atoms with E-state index in [1.54, 1.807) is 20.8 Å². The van der Waals surface area contributed by atoms with Crippen LogP contribution in [0, 0.1) is 45.3 Å². The molecule has 100 heavy (non-hydrogen) atoms. The van der Waals surface area contributed by atoms with Crippen LogP contribution >= 0.6 is 0 Å². The van der Waals surface area contributed by atoms with Crippen molar-refractivity contribution in [2.45, 2.75) is 64.9 Å². The highest BCUT2D eigenvalue weighted by molar-refractivity contribution is 6.12. The van der Waals surface area contributed by atoms with E-state index in [2.05, 4.69) is 64.5 Å². The number of hydrogen-bond acceptors (Lipinski definition) is 6. The van der Waals surface area contributed by atoms with Gasteiger partial charge in [-0.3, -0.25) is 14.4 Å². The molecule has 14 heteroatoms. The normalized spacial score (nSPS) is 14.9. The average molecular weight is 1330 g/mol. The summed E-state index contributed by atoms with van der Waals surface area (Å²) < 4.78 is 89.1. The number of hydrogen-bond donors (Lipinski definition) is 3. The van der Waals surface area contributed by atoms with Crippen molar-refractivity contribution < 1.29 is 50.6 Å². The molecule has 0 spiro atoms. The van der Waals surface area contributed by atoms with Crippen LogP contribution in [0.4, 0.5) is 26.7 Å². The summed E-state index contributed by atoms with van der Waals surface area (Å²) in [6, 6.07) is 71.4. The van der Waals surface area contributed by atoms with Gasteiger partial charge in [0.15, 0.2) is 0 Å². The van der Waals surface area contributed by atoms with Gasteiger partial charge in [0.2, 0.25) is 46.6 Å². The number of nitrogens with one attached hydrogen (secondary N) is 3. The summed E-state index contributed by atoms with van der Waals surface area (Å²) in [5.41, 5.74) is 3.49. The Balaban J connectivity index is 0.874. The molecule has 0 bridgehead atoms. The molecule has 3 aliphatic carbocycles. The summed E-state index contributed by atoms with van der Waals surface area (Å²) in [5.74, 6) is -16.0. The van der Waals surface area contributed by atoms with Crippen molar-refractivity contribution in [2.24, 2.45) is 16.2 Å². The van der Waals surface area contributed by atoms with Crippen LogP contribution in [0.25, 0.3) is 98.0 Å². The quantitative estimate of drug-likeness (QED) is 0.0412. The summed E-state index contributed by atoms with van der Waals surface area (Å²) in [4.78, 5) is 63.8. The van der Waals surface area contributed by atoms with Gasteiger partial charge in [0.25, 0.3) is 0 Å². The van der Waals surface area contributed by atoms with Crippen molar-refractivity contribution in [1.29, 1.82) is 0 Å². The average Bonchev–Trinajstić information content (AvgIpc) is 1.52. The van der Waals surface area contributed by atoms with Crippen molar-refractivity contribution in [1.82, 2.24) is 16.0 Å². The molecule has 3 amide bonds. The van der Waals surface area contributed by atoms with Gasteiger partial charge in [-0.25, -0.2) is 18.0 Å². The lowest BCUT2D eigenvalue weighted by atomic mass is 9.73. The number of carbonyl (C=O) groups excluding carboxylic acids is 4. The lowest BCUT2D eigenvalue weighted by Gasteiger charge is -2.38. The number of ether oxygens (including phenoxy) is 2. The Morgan fingerprint density at radius 1 is 0.330 bits per heavy atom. The van der Waals surface area contributed by atoms with Crippen LogP contribution in [-0.4, -0.2) is 49.1 Å². The van der Waals surface area contributed by atoms with E-state index in [0.29, 0.717) is 11.1 Å². The summed E-state index contributed by atoms with van der Waals surface area (Å²) in [6.07, 6.45) is -1.01. The monoisotopic (exact) mass is 1330 g/mol. The molecule has 0 saturated heterocycles. The molecule has 0 aliphatic heterocycles. The maximum atomic E-state index is 17.0. The smallest absolute Gasteiger partial charge is 0.407 e. The first-order chi connectivity index (χ1) is 48.3. The van der Waals surface area contributed by atoms with E-state index < -0.39 is 87.1 Å². The van der Waals surface area contributed by atoms with E-state index >= 15 is 31.9 Å². The maximum Gasteiger partial charge on any atom is 0.407 e. The lowest BCUT2D eigenvalue weighted by Crippen LogP contribution is -2.57. The predicted octanol–water partition coefficient (Wildman–Crippen LogP) is 18.3. The van der Waals surface area contributed by atoms with Crippen LogP contribution < -0.4 is 20.7 Å². The lowest BCUT2D eigenvalue weighted by molar-refractivity contribution is -0.147. The standard InChI is InChI=1S/C86H66F5N3O6/c1-83(2,3)100-82(98)94-47-85(42-57-36-30-51-18-6-12-24-63(51)69(57)70-58(43-85)37-31-52-19-7-13-25-64(52)70)80(96)92-46-84(40-55-34-28-49-16-4-10-22-61(49)67(55)68-56(41-84)35-29-50-17-5-11-23-62(50)68)79(95)93-48-86(81(97)99-78-76(90)74(88)73(87)75(89)77(78)91)44-59-38-32-53-20-8-14-26-65(53)71(59)72-60(45-86)39-33-54-21-9-15-27-66(54)72/h4-39H,40-48H2,1-3H3,(H,92,96)(H,93,95)(H,94,98). The molecule has 0 atom stereocenters. The summed E-state index contributed by atoms with van der Waals surface area (Å²) in [5, 5.41) is 20.8. The second-order valence-corrected chi connectivity index (χ2v) is 28.3. The minimum Gasteiger partial charge on any atom is -0.444 e. The Hall–Kier alpha value is -11.3. The third-order valence-electron chi connectivity index (χ3n) is 20.9. The van der Waals surface area contributed by atoms with Crippen LogP contribution in [0.1, 0.15) is 54.2 Å². The van der Waals surface area contributed by atoms with Crippen molar-refractivity contribution in [2.75, 3.05) is 19.6 Å². The molecule has 0 saturated carbocycles. The SMILES string of the molecule is CC(C)(C)OC(=O)NCC1(C(=O)NCC2(C(=O)NCC3(C(=O)Oc4c(F)c(F)c(F)c(F)c4F)Cc4ccc5ccccc5c4-c4c(ccc5ccccc45)C3)Cc3ccc4ccccc4c3-c3c(ccc4ccccc34)C2)Cc2ccc3ccccc3c2-c2c(ccc3ccccc23)C1. The summed E-state index contributed by atoms with van der Waals surface area (Å²) >= 11 is 0. The Bertz CT molecular complexity index is 5350. The van der Waals surface area contributed by atoms with E-state index in [9.17, 15) is 9.18 Å². The van der Waals surface area contributed by atoms with Gasteiger partial charge >= 0.3 is 12.1 Å². The van der Waals surface area contributed by atoms with E-state index in [0.717, 1.165) is 120 Å². The highest BCUT2D eigenvalue weighted by Gasteiger charge is 2.51. The minimum atomic E-state index is -2.43. The zero-order chi connectivity index (χ0) is 69.0. The second-order valence-electron chi connectivity index (χ2n) is 28.3. The zero-order valence-electron chi connectivity index (χ0n) is 55.0. The number of halogens is 5. The number of alkyl carbamates (subject to hydrolysis) is 1. The molecule has 0 heterocycles.